The minimum absolute atomic E-state index is 0.366. The van der Waals surface area contributed by atoms with E-state index in [2.05, 4.69) is 38.4 Å². The van der Waals surface area contributed by atoms with Gasteiger partial charge in [0.15, 0.2) is 11.5 Å². The molecule has 0 unspecified atom stereocenters. The van der Waals surface area contributed by atoms with E-state index in [-0.39, 0.29) is 6.03 Å². The Bertz CT molecular complexity index is 1200. The smallest absolute Gasteiger partial charge is 0.332 e. The second kappa shape index (κ2) is 9.31. The molecule has 0 radical (unpaired) electrons. The van der Waals surface area contributed by atoms with Crippen LogP contribution < -0.4 is 15.4 Å². The van der Waals surface area contributed by atoms with Gasteiger partial charge in [0, 0.05) is 18.3 Å². The first-order valence-corrected chi connectivity index (χ1v) is 10.0. The number of anilines is 3. The average Bonchev–Trinajstić information content (AvgIpc) is 2.79. The monoisotopic (exact) mass is 432 g/mol. The Hall–Kier alpha value is -3.85. The summed E-state index contributed by atoms with van der Waals surface area (Å²) in [6.07, 6.45) is 1.62. The van der Waals surface area contributed by atoms with Crippen molar-refractivity contribution in [3.63, 3.8) is 0 Å². The summed E-state index contributed by atoms with van der Waals surface area (Å²) in [4.78, 5) is 25.3. The third-order valence-electron chi connectivity index (χ3n) is 4.26. The summed E-state index contributed by atoms with van der Waals surface area (Å²) in [5, 5.41) is 5.89. The molecule has 2 heterocycles. The van der Waals surface area contributed by atoms with Gasteiger partial charge in [-0.05, 0) is 43.3 Å². The van der Waals surface area contributed by atoms with Crippen molar-refractivity contribution in [3.05, 3.63) is 72.9 Å². The number of nitrogens with one attached hydrogen (secondary N) is 2. The molecule has 0 bridgehead atoms. The number of rotatable bonds is 6. The highest BCUT2D eigenvalue weighted by atomic mass is 32.1. The number of hydrogen-bond donors (Lipinski definition) is 3. The van der Waals surface area contributed by atoms with Gasteiger partial charge in [0.1, 0.15) is 22.8 Å². The molecule has 2 aromatic carbocycles. The summed E-state index contributed by atoms with van der Waals surface area (Å²) in [6, 6.07) is 20.1. The highest BCUT2D eigenvalue weighted by Crippen LogP contribution is 2.25. The molecule has 4 aromatic rings. The van der Waals surface area contributed by atoms with Gasteiger partial charge in [0.05, 0.1) is 6.20 Å². The van der Waals surface area contributed by atoms with Crippen LogP contribution in [0.1, 0.15) is 6.92 Å². The van der Waals surface area contributed by atoms with Crippen LogP contribution in [-0.2, 0) is 0 Å². The van der Waals surface area contributed by atoms with E-state index in [9.17, 15) is 4.79 Å². The summed E-state index contributed by atoms with van der Waals surface area (Å²) >= 11 is 4.09. The predicted octanol–water partition coefficient (Wildman–Crippen LogP) is 5.26. The number of ether oxygens (including phenoxy) is 1. The molecule has 0 saturated heterocycles. The Kier molecular flexibility index (Phi) is 6.13. The van der Waals surface area contributed by atoms with Crippen molar-refractivity contribution >= 4 is 47.3 Å². The zero-order valence-electron chi connectivity index (χ0n) is 16.7. The van der Waals surface area contributed by atoms with E-state index in [1.165, 1.54) is 4.31 Å². The van der Waals surface area contributed by atoms with Gasteiger partial charge in [-0.3, -0.25) is 9.62 Å². The van der Waals surface area contributed by atoms with Crippen LogP contribution in [0.25, 0.3) is 11.2 Å². The summed E-state index contributed by atoms with van der Waals surface area (Å²) in [7, 11) is 0. The molecule has 2 N–H and O–H groups in total. The number of para-hydroxylation sites is 1. The van der Waals surface area contributed by atoms with Gasteiger partial charge in [-0.1, -0.05) is 37.1 Å². The molecule has 4 rings (SSSR count). The van der Waals surface area contributed by atoms with Gasteiger partial charge in [-0.2, -0.15) is 0 Å². The summed E-state index contributed by atoms with van der Waals surface area (Å²) < 4.78 is 7.12. The number of amides is 2. The number of thiol groups is 1. The molecular weight excluding hydrogens is 412 g/mol. The Morgan fingerprint density at radius 1 is 1.00 bits per heavy atom. The first-order chi connectivity index (χ1) is 15.1. The van der Waals surface area contributed by atoms with Crippen molar-refractivity contribution in [3.8, 4) is 11.5 Å². The second-order valence-corrected chi connectivity index (χ2v) is 6.99. The van der Waals surface area contributed by atoms with Crippen LogP contribution in [0.5, 0.6) is 11.5 Å². The minimum Gasteiger partial charge on any atom is -0.457 e. The van der Waals surface area contributed by atoms with Crippen LogP contribution in [-0.4, -0.2) is 31.8 Å². The highest BCUT2D eigenvalue weighted by Gasteiger charge is 2.10. The van der Waals surface area contributed by atoms with Gasteiger partial charge in [0.25, 0.3) is 0 Å². The molecule has 0 aliphatic carbocycles. The molecule has 31 heavy (non-hydrogen) atoms. The van der Waals surface area contributed by atoms with Gasteiger partial charge in [0.2, 0.25) is 0 Å². The average molecular weight is 433 g/mol. The first kappa shape index (κ1) is 20.4. The number of fused-ring (bicyclic) bond motifs is 1. The number of carbonyl (C=O) groups excluding carboxylic acids is 1. The maximum atomic E-state index is 12.0. The van der Waals surface area contributed by atoms with Crippen molar-refractivity contribution in [1.82, 2.24) is 19.3 Å². The zero-order valence-corrected chi connectivity index (χ0v) is 17.6. The Labute approximate surface area is 184 Å². The molecule has 0 saturated carbocycles. The fraction of sp³-hybridized carbons (Fsp3) is 0.0909. The SMILES string of the molecule is CCN(S)C(=O)Nc1ccc2ncc(Nc3cccc(Oc4ccccc4)c3)nc2n1. The van der Waals surface area contributed by atoms with Crippen LogP contribution in [0, 0.1) is 0 Å². The molecule has 0 aliphatic heterocycles. The number of carbonyl (C=O) groups is 1. The van der Waals surface area contributed by atoms with E-state index in [0.29, 0.717) is 35.1 Å². The van der Waals surface area contributed by atoms with Crippen LogP contribution >= 0.6 is 12.8 Å². The van der Waals surface area contributed by atoms with Crippen molar-refractivity contribution in [2.75, 3.05) is 17.2 Å². The topological polar surface area (TPSA) is 92.3 Å². The quantitative estimate of drug-likeness (QED) is 0.360. The molecule has 0 atom stereocenters. The van der Waals surface area contributed by atoms with E-state index in [0.717, 1.165) is 11.4 Å². The molecule has 0 fully saturated rings. The molecule has 156 valence electrons. The van der Waals surface area contributed by atoms with Crippen LogP contribution in [0.3, 0.4) is 0 Å². The lowest BCUT2D eigenvalue weighted by Crippen LogP contribution is -2.27. The minimum atomic E-state index is -0.366. The van der Waals surface area contributed by atoms with Crippen molar-refractivity contribution in [2.24, 2.45) is 0 Å². The maximum absolute atomic E-state index is 12.0. The molecule has 0 spiro atoms. The first-order valence-electron chi connectivity index (χ1n) is 9.62. The fourth-order valence-electron chi connectivity index (χ4n) is 2.76. The van der Waals surface area contributed by atoms with E-state index in [4.69, 9.17) is 4.74 Å². The predicted molar refractivity (Wildman–Crippen MR) is 124 cm³/mol. The lowest BCUT2D eigenvalue weighted by atomic mass is 10.3. The van der Waals surface area contributed by atoms with Gasteiger partial charge >= 0.3 is 6.03 Å². The maximum Gasteiger partial charge on any atom is 0.332 e. The molecule has 9 heteroatoms. The fourth-order valence-corrected chi connectivity index (χ4v) is 2.81. The molecule has 8 nitrogen and oxygen atoms in total. The summed E-state index contributed by atoms with van der Waals surface area (Å²) in [6.45, 7) is 2.28. The van der Waals surface area contributed by atoms with Crippen molar-refractivity contribution in [1.29, 1.82) is 0 Å². The van der Waals surface area contributed by atoms with E-state index < -0.39 is 0 Å². The van der Waals surface area contributed by atoms with Gasteiger partial charge in [-0.15, -0.1) is 0 Å². The van der Waals surface area contributed by atoms with Crippen LogP contribution in [0.4, 0.5) is 22.1 Å². The third kappa shape index (κ3) is 5.20. The highest BCUT2D eigenvalue weighted by molar-refractivity contribution is 7.78. The molecular formula is C22H20N6O2S. The number of pyridine rings is 1. The largest absolute Gasteiger partial charge is 0.457 e. The summed E-state index contributed by atoms with van der Waals surface area (Å²) in [5.41, 5.74) is 1.81. The third-order valence-corrected chi connectivity index (χ3v) is 4.73. The number of hydrogen-bond acceptors (Lipinski definition) is 7. The number of benzene rings is 2. The molecule has 0 aliphatic rings. The lowest BCUT2D eigenvalue weighted by molar-refractivity contribution is 0.240. The lowest BCUT2D eigenvalue weighted by Gasteiger charge is -2.13. The Balaban J connectivity index is 1.52. The second-order valence-electron chi connectivity index (χ2n) is 6.51. The van der Waals surface area contributed by atoms with E-state index in [1.807, 2.05) is 61.5 Å². The zero-order chi connectivity index (χ0) is 21.6. The Morgan fingerprint density at radius 3 is 2.58 bits per heavy atom. The van der Waals surface area contributed by atoms with Crippen molar-refractivity contribution in [2.45, 2.75) is 6.92 Å². The number of nitrogens with zero attached hydrogens (tertiary/aromatic N) is 4. The van der Waals surface area contributed by atoms with E-state index in [1.54, 1.807) is 18.3 Å². The summed E-state index contributed by atoms with van der Waals surface area (Å²) in [5.74, 6) is 2.34. The van der Waals surface area contributed by atoms with Crippen molar-refractivity contribution < 1.29 is 9.53 Å². The number of urea groups is 1. The molecule has 2 amide bonds. The normalized spacial score (nSPS) is 10.5. The van der Waals surface area contributed by atoms with Crippen LogP contribution in [0.2, 0.25) is 0 Å². The molecule has 2 aromatic heterocycles. The Morgan fingerprint density at radius 2 is 1.77 bits per heavy atom. The van der Waals surface area contributed by atoms with Gasteiger partial charge < -0.3 is 10.1 Å². The van der Waals surface area contributed by atoms with Crippen LogP contribution in [0.15, 0.2) is 72.9 Å². The van der Waals surface area contributed by atoms with Gasteiger partial charge in [-0.25, -0.2) is 19.7 Å². The number of aromatic nitrogens is 3. The standard InChI is InChI=1S/C22H20N6O2S/c1-2-28(31)22(29)27-19-12-11-18-21(25-19)26-20(14-23-18)24-15-7-6-10-17(13-15)30-16-8-4-3-5-9-16/h3-14,31H,2H2,1H3,(H2,24,25,26,27,29). The van der Waals surface area contributed by atoms with E-state index >= 15 is 0 Å².